The van der Waals surface area contributed by atoms with Crippen molar-refractivity contribution in [2.24, 2.45) is 0 Å². The molecule has 0 aliphatic heterocycles. The SMILES string of the molecule is CC(F)(F)Cn1ncnc1C=O. The fraction of sp³-hybridized carbons (Fsp3) is 0.500. The zero-order valence-electron chi connectivity index (χ0n) is 6.37. The lowest BCUT2D eigenvalue weighted by Gasteiger charge is -2.09. The molecule has 6 heteroatoms. The van der Waals surface area contributed by atoms with Gasteiger partial charge in [-0.3, -0.25) is 4.79 Å². The summed E-state index contributed by atoms with van der Waals surface area (Å²) in [7, 11) is 0. The van der Waals surface area contributed by atoms with Crippen LogP contribution in [0.3, 0.4) is 0 Å². The molecule has 0 saturated carbocycles. The summed E-state index contributed by atoms with van der Waals surface area (Å²) >= 11 is 0. The maximum Gasteiger partial charge on any atom is 0.264 e. The predicted molar refractivity (Wildman–Crippen MR) is 36.0 cm³/mol. The van der Waals surface area contributed by atoms with Crippen molar-refractivity contribution < 1.29 is 13.6 Å². The summed E-state index contributed by atoms with van der Waals surface area (Å²) in [5, 5.41) is 3.47. The summed E-state index contributed by atoms with van der Waals surface area (Å²) in [6.45, 7) is 0.129. The van der Waals surface area contributed by atoms with E-state index in [4.69, 9.17) is 0 Å². The van der Waals surface area contributed by atoms with E-state index in [2.05, 4.69) is 10.1 Å². The van der Waals surface area contributed by atoms with Crippen LogP contribution < -0.4 is 0 Å². The van der Waals surface area contributed by atoms with Gasteiger partial charge >= 0.3 is 0 Å². The first-order valence-electron chi connectivity index (χ1n) is 3.24. The lowest BCUT2D eigenvalue weighted by Crippen LogP contribution is -2.21. The van der Waals surface area contributed by atoms with Gasteiger partial charge < -0.3 is 0 Å². The highest BCUT2D eigenvalue weighted by Gasteiger charge is 2.23. The number of aromatic nitrogens is 3. The third-order valence-corrected chi connectivity index (χ3v) is 1.18. The van der Waals surface area contributed by atoms with E-state index in [0.29, 0.717) is 6.29 Å². The first-order chi connectivity index (χ1) is 5.53. The third kappa shape index (κ3) is 2.08. The molecule has 1 heterocycles. The number of alkyl halides is 2. The van der Waals surface area contributed by atoms with Crippen LogP contribution in [0.5, 0.6) is 0 Å². The standard InChI is InChI=1S/C6H7F2N3O/c1-6(7,8)3-11-5(2-12)9-4-10-11/h2,4H,3H2,1H3. The van der Waals surface area contributed by atoms with Crippen LogP contribution in [0.2, 0.25) is 0 Å². The number of hydrogen-bond acceptors (Lipinski definition) is 3. The van der Waals surface area contributed by atoms with Crippen molar-refractivity contribution >= 4 is 6.29 Å². The van der Waals surface area contributed by atoms with Crippen LogP contribution in [0.4, 0.5) is 8.78 Å². The molecule has 0 radical (unpaired) electrons. The van der Waals surface area contributed by atoms with Crippen molar-refractivity contribution in [3.05, 3.63) is 12.2 Å². The molecule has 0 aliphatic carbocycles. The average molecular weight is 175 g/mol. The molecule has 0 aliphatic rings. The van der Waals surface area contributed by atoms with Crippen molar-refractivity contribution in [3.8, 4) is 0 Å². The molecule has 0 unspecified atom stereocenters. The molecule has 0 fully saturated rings. The number of carbonyl (C=O) groups is 1. The molecule has 0 amide bonds. The Kier molecular flexibility index (Phi) is 2.16. The average Bonchev–Trinajstić information content (AvgIpc) is 2.31. The Morgan fingerprint density at radius 2 is 2.42 bits per heavy atom. The number of carbonyl (C=O) groups excluding carboxylic acids is 1. The topological polar surface area (TPSA) is 47.8 Å². The summed E-state index contributed by atoms with van der Waals surface area (Å²) in [5.41, 5.74) is 0. The van der Waals surface area contributed by atoms with Crippen molar-refractivity contribution in [3.63, 3.8) is 0 Å². The van der Waals surface area contributed by atoms with Crippen LogP contribution in [0, 0.1) is 0 Å². The molecule has 1 aromatic rings. The Labute approximate surface area is 67.2 Å². The number of rotatable bonds is 3. The Balaban J connectivity index is 2.81. The minimum Gasteiger partial charge on any atom is -0.294 e. The van der Waals surface area contributed by atoms with E-state index >= 15 is 0 Å². The Hall–Kier alpha value is -1.33. The molecule has 0 bridgehead atoms. The molecule has 0 saturated heterocycles. The van der Waals surface area contributed by atoms with Gasteiger partial charge in [-0.1, -0.05) is 0 Å². The monoisotopic (exact) mass is 175 g/mol. The van der Waals surface area contributed by atoms with Crippen molar-refractivity contribution in [1.82, 2.24) is 14.8 Å². The van der Waals surface area contributed by atoms with Crippen LogP contribution in [-0.2, 0) is 6.54 Å². The maximum atomic E-state index is 12.4. The first kappa shape index (κ1) is 8.76. The number of hydrogen-bond donors (Lipinski definition) is 0. The van der Waals surface area contributed by atoms with Gasteiger partial charge in [0, 0.05) is 6.92 Å². The molecule has 0 spiro atoms. The largest absolute Gasteiger partial charge is 0.294 e. The van der Waals surface area contributed by atoms with E-state index in [9.17, 15) is 13.6 Å². The highest BCUT2D eigenvalue weighted by molar-refractivity contribution is 5.68. The normalized spacial score (nSPS) is 11.6. The van der Waals surface area contributed by atoms with Crippen molar-refractivity contribution in [2.75, 3.05) is 0 Å². The van der Waals surface area contributed by atoms with Crippen LogP contribution >= 0.6 is 0 Å². The number of nitrogens with zero attached hydrogens (tertiary/aromatic N) is 3. The second kappa shape index (κ2) is 2.96. The summed E-state index contributed by atoms with van der Waals surface area (Å²) < 4.78 is 25.7. The predicted octanol–water partition coefficient (Wildman–Crippen LogP) is 0.746. The molecule has 4 nitrogen and oxygen atoms in total. The molecule has 0 aromatic carbocycles. The van der Waals surface area contributed by atoms with E-state index in [1.165, 1.54) is 0 Å². The van der Waals surface area contributed by atoms with E-state index in [1.54, 1.807) is 0 Å². The Bertz CT molecular complexity index is 279. The van der Waals surface area contributed by atoms with Gasteiger partial charge in [-0.2, -0.15) is 5.10 Å². The zero-order chi connectivity index (χ0) is 9.19. The molecule has 1 aromatic heterocycles. The van der Waals surface area contributed by atoms with Gasteiger partial charge in [0.25, 0.3) is 5.92 Å². The van der Waals surface area contributed by atoms with E-state index < -0.39 is 12.5 Å². The molecule has 66 valence electrons. The van der Waals surface area contributed by atoms with Gasteiger partial charge in [0.1, 0.15) is 12.9 Å². The molecule has 12 heavy (non-hydrogen) atoms. The maximum absolute atomic E-state index is 12.4. The summed E-state index contributed by atoms with van der Waals surface area (Å²) in [6, 6.07) is 0. The molecule has 0 atom stereocenters. The van der Waals surface area contributed by atoms with E-state index in [1.807, 2.05) is 0 Å². The van der Waals surface area contributed by atoms with Gasteiger partial charge in [-0.15, -0.1) is 0 Å². The summed E-state index contributed by atoms with van der Waals surface area (Å²) in [5.74, 6) is -2.97. The van der Waals surface area contributed by atoms with Crippen molar-refractivity contribution in [2.45, 2.75) is 19.4 Å². The Morgan fingerprint density at radius 3 is 2.92 bits per heavy atom. The number of aldehydes is 1. The molecule has 1 rings (SSSR count). The highest BCUT2D eigenvalue weighted by atomic mass is 19.3. The Morgan fingerprint density at radius 1 is 1.75 bits per heavy atom. The minimum atomic E-state index is -2.88. The third-order valence-electron chi connectivity index (χ3n) is 1.18. The summed E-state index contributed by atoms with van der Waals surface area (Å²) in [6.07, 6.45) is 1.45. The lowest BCUT2D eigenvalue weighted by atomic mass is 10.4. The molecular weight excluding hydrogens is 168 g/mol. The zero-order valence-corrected chi connectivity index (χ0v) is 6.37. The lowest BCUT2D eigenvalue weighted by molar-refractivity contribution is 0.0000861. The van der Waals surface area contributed by atoms with E-state index in [-0.39, 0.29) is 5.82 Å². The molecule has 0 N–H and O–H groups in total. The summed E-state index contributed by atoms with van der Waals surface area (Å²) in [4.78, 5) is 13.7. The second-order valence-corrected chi connectivity index (χ2v) is 2.46. The minimum absolute atomic E-state index is 0.0866. The van der Waals surface area contributed by atoms with Gasteiger partial charge in [0.05, 0.1) is 0 Å². The quantitative estimate of drug-likeness (QED) is 0.637. The van der Waals surface area contributed by atoms with Gasteiger partial charge in [0.15, 0.2) is 12.1 Å². The van der Waals surface area contributed by atoms with Crippen molar-refractivity contribution in [1.29, 1.82) is 0 Å². The van der Waals surface area contributed by atoms with Crippen LogP contribution in [0.1, 0.15) is 17.5 Å². The smallest absolute Gasteiger partial charge is 0.264 e. The fourth-order valence-electron chi connectivity index (χ4n) is 0.749. The number of halogens is 2. The second-order valence-electron chi connectivity index (χ2n) is 2.46. The van der Waals surface area contributed by atoms with Gasteiger partial charge in [-0.05, 0) is 0 Å². The van der Waals surface area contributed by atoms with Crippen LogP contribution in [0.25, 0.3) is 0 Å². The van der Waals surface area contributed by atoms with Crippen LogP contribution in [-0.4, -0.2) is 27.0 Å². The fourth-order valence-corrected chi connectivity index (χ4v) is 0.749. The molecular formula is C6H7F2N3O. The first-order valence-corrected chi connectivity index (χ1v) is 3.24. The highest BCUT2D eigenvalue weighted by Crippen LogP contribution is 2.13. The van der Waals surface area contributed by atoms with Crippen LogP contribution in [0.15, 0.2) is 6.33 Å². The van der Waals surface area contributed by atoms with E-state index in [0.717, 1.165) is 17.9 Å². The van der Waals surface area contributed by atoms with Gasteiger partial charge in [-0.25, -0.2) is 18.4 Å². The van der Waals surface area contributed by atoms with Gasteiger partial charge in [0.2, 0.25) is 0 Å².